The van der Waals surface area contributed by atoms with Crippen LogP contribution in [0.5, 0.6) is 0 Å². The van der Waals surface area contributed by atoms with E-state index in [0.29, 0.717) is 5.92 Å². The fourth-order valence-corrected chi connectivity index (χ4v) is 5.73. The van der Waals surface area contributed by atoms with Crippen molar-refractivity contribution in [3.8, 4) is 0 Å². The van der Waals surface area contributed by atoms with Gasteiger partial charge in [0.2, 0.25) is 0 Å². The highest BCUT2D eigenvalue weighted by molar-refractivity contribution is 7.80. The molecule has 0 aromatic heterocycles. The molecule has 1 unspecified atom stereocenters. The summed E-state index contributed by atoms with van der Waals surface area (Å²) in [5.74, 6) is 0.508. The van der Waals surface area contributed by atoms with E-state index in [0.717, 1.165) is 23.3 Å². The van der Waals surface area contributed by atoms with E-state index in [1.807, 2.05) is 13.8 Å². The van der Waals surface area contributed by atoms with E-state index < -0.39 is 0 Å². The number of thiol groups is 1. The van der Waals surface area contributed by atoms with Crippen LogP contribution in [0.1, 0.15) is 95.2 Å². The molecule has 4 rings (SSSR count). The molecule has 0 saturated carbocycles. The van der Waals surface area contributed by atoms with Crippen molar-refractivity contribution >= 4 is 35.1 Å². The molecule has 0 N–H and O–H groups in total. The van der Waals surface area contributed by atoms with Gasteiger partial charge >= 0.3 is 0 Å². The van der Waals surface area contributed by atoms with Gasteiger partial charge in [-0.05, 0) is 122 Å². The fraction of sp³-hybridized carbons (Fsp3) is 0.368. The molecule has 1 aliphatic rings. The SMILES string of the molecule is C=C(C)/C(C)=C/c1c(CCC)cc(S)c(C2=C(C)C(C)C=C2C)c1C.CC.Cc1ccc2c(C)cccc2c1. The Bertz CT molecular complexity index is 1420. The lowest BCUT2D eigenvalue weighted by molar-refractivity contribution is 0.881. The largest absolute Gasteiger partial charge is 0.143 e. The Kier molecular flexibility index (Phi) is 12.1. The highest BCUT2D eigenvalue weighted by atomic mass is 32.1. The van der Waals surface area contributed by atoms with Crippen LogP contribution in [-0.4, -0.2) is 0 Å². The van der Waals surface area contributed by atoms with Gasteiger partial charge < -0.3 is 0 Å². The van der Waals surface area contributed by atoms with Crippen molar-refractivity contribution in [3.63, 3.8) is 0 Å². The lowest BCUT2D eigenvalue weighted by Gasteiger charge is -2.20. The first-order valence-corrected chi connectivity index (χ1v) is 15.0. The molecule has 0 aliphatic heterocycles. The summed E-state index contributed by atoms with van der Waals surface area (Å²) < 4.78 is 0. The second-order valence-electron chi connectivity index (χ2n) is 10.8. The molecule has 0 bridgehead atoms. The van der Waals surface area contributed by atoms with Gasteiger partial charge in [-0.1, -0.05) is 106 Å². The highest BCUT2D eigenvalue weighted by Crippen LogP contribution is 2.43. The summed E-state index contributed by atoms with van der Waals surface area (Å²) in [6, 6.07) is 15.3. The molecule has 3 aromatic rings. The number of hydrogen-bond donors (Lipinski definition) is 1. The molecule has 0 fully saturated rings. The smallest absolute Gasteiger partial charge is 0.0124 e. The summed E-state index contributed by atoms with van der Waals surface area (Å²) >= 11 is 4.89. The predicted molar refractivity (Wildman–Crippen MR) is 181 cm³/mol. The van der Waals surface area contributed by atoms with E-state index in [2.05, 4.69) is 124 Å². The molecule has 208 valence electrons. The third-order valence-electron chi connectivity index (χ3n) is 7.72. The summed E-state index contributed by atoms with van der Waals surface area (Å²) in [4.78, 5) is 1.10. The van der Waals surface area contributed by atoms with Crippen LogP contribution in [0.4, 0.5) is 0 Å². The van der Waals surface area contributed by atoms with E-state index in [1.165, 1.54) is 66.4 Å². The molecular weight excluding hydrogens is 488 g/mol. The topological polar surface area (TPSA) is 0 Å². The fourth-order valence-electron chi connectivity index (χ4n) is 5.30. The quantitative estimate of drug-likeness (QED) is 0.242. The van der Waals surface area contributed by atoms with E-state index in [9.17, 15) is 0 Å². The van der Waals surface area contributed by atoms with Gasteiger partial charge in [-0.3, -0.25) is 0 Å². The van der Waals surface area contributed by atoms with Crippen molar-refractivity contribution in [2.45, 2.75) is 93.9 Å². The summed E-state index contributed by atoms with van der Waals surface area (Å²) in [5.41, 5.74) is 14.6. The van der Waals surface area contributed by atoms with Crippen LogP contribution in [0.25, 0.3) is 22.4 Å². The molecule has 0 radical (unpaired) electrons. The molecule has 0 heterocycles. The number of hydrogen-bond acceptors (Lipinski definition) is 1. The van der Waals surface area contributed by atoms with Crippen LogP contribution in [0.15, 0.2) is 82.3 Å². The number of rotatable bonds is 5. The first-order chi connectivity index (χ1) is 18.5. The Morgan fingerprint density at radius 1 is 0.974 bits per heavy atom. The Morgan fingerprint density at radius 3 is 2.21 bits per heavy atom. The average Bonchev–Trinajstić information content (AvgIpc) is 3.14. The van der Waals surface area contributed by atoms with E-state index in [4.69, 9.17) is 12.6 Å². The third-order valence-corrected chi connectivity index (χ3v) is 8.07. The van der Waals surface area contributed by atoms with Gasteiger partial charge in [0.05, 0.1) is 0 Å². The molecule has 3 aromatic carbocycles. The highest BCUT2D eigenvalue weighted by Gasteiger charge is 2.23. The van der Waals surface area contributed by atoms with Crippen LogP contribution < -0.4 is 0 Å². The van der Waals surface area contributed by atoms with Crippen molar-refractivity contribution in [2.75, 3.05) is 0 Å². The average molecular weight is 539 g/mol. The maximum Gasteiger partial charge on any atom is 0.0124 e. The molecule has 0 nitrogen and oxygen atoms in total. The standard InChI is InChI=1S/C24H32S.C12H12.C2H6/c1-9-10-20-13-22(25)24(23-17(6)11-16(5)18(23)7)19(8)21(20)12-15(4)14(2)3;1-9-6-7-12-10(2)4-3-5-11(12)8-9;1-2/h11-13,16,25H,2,9-10H2,1,3-8H3;3-8H,1-2H3;1-2H3/b15-12+;;. The molecule has 39 heavy (non-hydrogen) atoms. The minimum Gasteiger partial charge on any atom is -0.143 e. The molecular formula is C38H50S. The van der Waals surface area contributed by atoms with Gasteiger partial charge in [-0.2, -0.15) is 0 Å². The predicted octanol–water partition coefficient (Wildman–Crippen LogP) is 12.1. The molecule has 0 amide bonds. The van der Waals surface area contributed by atoms with Gasteiger partial charge in [-0.25, -0.2) is 0 Å². The second kappa shape index (κ2) is 14.6. The Morgan fingerprint density at radius 2 is 1.64 bits per heavy atom. The van der Waals surface area contributed by atoms with Crippen LogP contribution >= 0.6 is 12.6 Å². The Balaban J connectivity index is 0.000000315. The first-order valence-electron chi connectivity index (χ1n) is 14.5. The zero-order chi connectivity index (χ0) is 29.4. The Hall–Kier alpha value is -2.77. The van der Waals surface area contributed by atoms with Gasteiger partial charge in [0, 0.05) is 4.90 Å². The summed E-state index contributed by atoms with van der Waals surface area (Å²) in [5, 5.41) is 2.71. The number of allylic oxidation sites excluding steroid dienone is 6. The lowest BCUT2D eigenvalue weighted by atomic mass is 9.87. The van der Waals surface area contributed by atoms with Crippen LogP contribution in [0.2, 0.25) is 0 Å². The van der Waals surface area contributed by atoms with E-state index in [1.54, 1.807) is 0 Å². The van der Waals surface area contributed by atoms with Crippen molar-refractivity contribution < 1.29 is 0 Å². The number of fused-ring (bicyclic) bond motifs is 1. The first kappa shape index (κ1) is 32.4. The van der Waals surface area contributed by atoms with Gasteiger partial charge in [0.15, 0.2) is 0 Å². The molecule has 0 spiro atoms. The zero-order valence-electron chi connectivity index (χ0n) is 26.3. The molecule has 1 heteroatoms. The zero-order valence-corrected chi connectivity index (χ0v) is 27.2. The molecule has 1 aliphatic carbocycles. The number of aryl methyl sites for hydroxylation is 3. The third kappa shape index (κ3) is 7.67. The van der Waals surface area contributed by atoms with E-state index >= 15 is 0 Å². The Labute approximate surface area is 245 Å². The van der Waals surface area contributed by atoms with Gasteiger partial charge in [0.25, 0.3) is 0 Å². The van der Waals surface area contributed by atoms with E-state index in [-0.39, 0.29) is 0 Å². The minimum atomic E-state index is 0.508. The summed E-state index contributed by atoms with van der Waals surface area (Å²) in [6.07, 6.45) is 6.89. The van der Waals surface area contributed by atoms with Crippen molar-refractivity contribution in [1.82, 2.24) is 0 Å². The normalized spacial score (nSPS) is 14.9. The van der Waals surface area contributed by atoms with Crippen LogP contribution in [-0.2, 0) is 6.42 Å². The van der Waals surface area contributed by atoms with Crippen molar-refractivity contribution in [1.29, 1.82) is 0 Å². The van der Waals surface area contributed by atoms with Crippen molar-refractivity contribution in [3.05, 3.63) is 111 Å². The second-order valence-corrected chi connectivity index (χ2v) is 11.3. The molecule has 0 saturated heterocycles. The monoisotopic (exact) mass is 538 g/mol. The summed E-state index contributed by atoms with van der Waals surface area (Å²) in [7, 11) is 0. The summed E-state index contributed by atoms with van der Waals surface area (Å²) in [6.45, 7) is 27.9. The van der Waals surface area contributed by atoms with Gasteiger partial charge in [0.1, 0.15) is 0 Å². The van der Waals surface area contributed by atoms with Gasteiger partial charge in [-0.15, -0.1) is 12.6 Å². The number of benzene rings is 3. The van der Waals surface area contributed by atoms with Crippen LogP contribution in [0.3, 0.4) is 0 Å². The van der Waals surface area contributed by atoms with Crippen LogP contribution in [0, 0.1) is 26.7 Å². The maximum absolute atomic E-state index is 4.89. The lowest BCUT2D eigenvalue weighted by Crippen LogP contribution is -2.02. The van der Waals surface area contributed by atoms with Crippen molar-refractivity contribution in [2.24, 2.45) is 5.92 Å². The minimum absolute atomic E-state index is 0.508. The maximum atomic E-state index is 4.89. The molecule has 1 atom stereocenters.